The second-order valence-corrected chi connectivity index (χ2v) is 7.04. The Bertz CT molecular complexity index is 550. The number of piperidine rings is 1. The molecule has 1 aliphatic heterocycles. The normalized spacial score (nSPS) is 21.0. The molecule has 0 amide bonds. The number of aliphatic hydroxyl groups excluding tert-OH is 1. The van der Waals surface area contributed by atoms with Gasteiger partial charge in [-0.2, -0.15) is 17.4 Å². The van der Waals surface area contributed by atoms with Gasteiger partial charge in [0, 0.05) is 24.2 Å². The standard InChI is InChI=1S/C13H19ClN2O3S/c14-12-5-3-4-11(8-12)9-15-20(18,19)16-7-2-1-6-13(16)10-17/h3-5,8,13,15,17H,1-2,6-7,9-10H2. The van der Waals surface area contributed by atoms with E-state index in [9.17, 15) is 13.5 Å². The number of rotatable bonds is 5. The van der Waals surface area contributed by atoms with E-state index in [4.69, 9.17) is 11.6 Å². The minimum atomic E-state index is -3.58. The fourth-order valence-electron chi connectivity index (χ4n) is 2.38. The van der Waals surface area contributed by atoms with Gasteiger partial charge in [0.2, 0.25) is 0 Å². The molecule has 0 spiro atoms. The van der Waals surface area contributed by atoms with E-state index in [2.05, 4.69) is 4.72 Å². The van der Waals surface area contributed by atoms with Crippen LogP contribution < -0.4 is 4.72 Å². The summed E-state index contributed by atoms with van der Waals surface area (Å²) in [7, 11) is -3.58. The largest absolute Gasteiger partial charge is 0.395 e. The van der Waals surface area contributed by atoms with Crippen LogP contribution in [0.5, 0.6) is 0 Å². The average Bonchev–Trinajstić information content (AvgIpc) is 2.45. The molecule has 5 nitrogen and oxygen atoms in total. The van der Waals surface area contributed by atoms with E-state index in [0.29, 0.717) is 18.0 Å². The molecule has 0 aliphatic carbocycles. The first kappa shape index (κ1) is 15.7. The fourth-order valence-corrected chi connectivity index (χ4v) is 4.04. The Labute approximate surface area is 124 Å². The summed E-state index contributed by atoms with van der Waals surface area (Å²) in [5.74, 6) is 0. The van der Waals surface area contributed by atoms with Crippen molar-refractivity contribution < 1.29 is 13.5 Å². The molecule has 0 saturated carbocycles. The first-order chi connectivity index (χ1) is 9.53. The lowest BCUT2D eigenvalue weighted by molar-refractivity contribution is 0.154. The van der Waals surface area contributed by atoms with Crippen molar-refractivity contribution in [2.45, 2.75) is 31.8 Å². The van der Waals surface area contributed by atoms with Gasteiger partial charge in [-0.15, -0.1) is 0 Å². The topological polar surface area (TPSA) is 69.6 Å². The molecule has 2 N–H and O–H groups in total. The van der Waals surface area contributed by atoms with E-state index < -0.39 is 10.2 Å². The van der Waals surface area contributed by atoms with Crippen LogP contribution in [0.2, 0.25) is 5.02 Å². The molecule has 1 atom stereocenters. The number of nitrogens with zero attached hydrogens (tertiary/aromatic N) is 1. The van der Waals surface area contributed by atoms with Gasteiger partial charge < -0.3 is 5.11 Å². The van der Waals surface area contributed by atoms with Crippen molar-refractivity contribution in [2.24, 2.45) is 0 Å². The summed E-state index contributed by atoms with van der Waals surface area (Å²) in [5.41, 5.74) is 0.804. The summed E-state index contributed by atoms with van der Waals surface area (Å²) in [5, 5.41) is 9.87. The third-order valence-electron chi connectivity index (χ3n) is 3.44. The van der Waals surface area contributed by atoms with Crippen molar-refractivity contribution in [3.63, 3.8) is 0 Å². The van der Waals surface area contributed by atoms with Crippen molar-refractivity contribution in [3.05, 3.63) is 34.9 Å². The molecule has 1 aromatic rings. The highest BCUT2D eigenvalue weighted by Gasteiger charge is 2.31. The molecule has 112 valence electrons. The van der Waals surface area contributed by atoms with Crippen LogP contribution in [0.25, 0.3) is 0 Å². The van der Waals surface area contributed by atoms with Crippen LogP contribution in [-0.2, 0) is 16.8 Å². The van der Waals surface area contributed by atoms with Crippen LogP contribution in [0.15, 0.2) is 24.3 Å². The highest BCUT2D eigenvalue weighted by Crippen LogP contribution is 2.19. The number of hydrogen-bond donors (Lipinski definition) is 2. The molecule has 0 radical (unpaired) electrons. The monoisotopic (exact) mass is 318 g/mol. The number of aliphatic hydroxyl groups is 1. The van der Waals surface area contributed by atoms with Gasteiger partial charge in [0.05, 0.1) is 6.61 Å². The molecule has 1 aromatic carbocycles. The number of halogens is 1. The molecule has 1 fully saturated rings. The van der Waals surface area contributed by atoms with Crippen LogP contribution in [0.3, 0.4) is 0 Å². The maximum Gasteiger partial charge on any atom is 0.280 e. The van der Waals surface area contributed by atoms with Gasteiger partial charge in [-0.05, 0) is 30.5 Å². The molecular formula is C13H19ClN2O3S. The predicted molar refractivity (Wildman–Crippen MR) is 78.6 cm³/mol. The Morgan fingerprint density at radius 2 is 2.20 bits per heavy atom. The van der Waals surface area contributed by atoms with Gasteiger partial charge in [-0.3, -0.25) is 0 Å². The summed E-state index contributed by atoms with van der Waals surface area (Å²) < 4.78 is 28.5. The van der Waals surface area contributed by atoms with Gasteiger partial charge in [-0.1, -0.05) is 30.2 Å². The SMILES string of the molecule is O=S(=O)(NCc1cccc(Cl)c1)N1CCCCC1CO. The average molecular weight is 319 g/mol. The van der Waals surface area contributed by atoms with E-state index in [1.807, 2.05) is 6.07 Å². The highest BCUT2D eigenvalue weighted by atomic mass is 35.5. The summed E-state index contributed by atoms with van der Waals surface area (Å²) in [6.07, 6.45) is 2.48. The van der Waals surface area contributed by atoms with Crippen LogP contribution >= 0.6 is 11.6 Å². The Hall–Kier alpha value is -0.660. The van der Waals surface area contributed by atoms with Crippen LogP contribution in [-0.4, -0.2) is 37.0 Å². The zero-order chi connectivity index (χ0) is 14.6. The van der Waals surface area contributed by atoms with E-state index in [-0.39, 0.29) is 19.2 Å². The Kier molecular flexibility index (Phi) is 5.40. The summed E-state index contributed by atoms with van der Waals surface area (Å²) in [6, 6.07) is 6.74. The fraction of sp³-hybridized carbons (Fsp3) is 0.538. The quantitative estimate of drug-likeness (QED) is 0.865. The summed E-state index contributed by atoms with van der Waals surface area (Å²) in [6.45, 7) is 0.506. The predicted octanol–water partition coefficient (Wildman–Crippen LogP) is 1.52. The second-order valence-electron chi connectivity index (χ2n) is 4.90. The molecule has 0 aromatic heterocycles. The molecule has 0 bridgehead atoms. The Balaban J connectivity index is 2.03. The first-order valence-corrected chi connectivity index (χ1v) is 8.46. The highest BCUT2D eigenvalue weighted by molar-refractivity contribution is 7.87. The van der Waals surface area contributed by atoms with Gasteiger partial charge in [-0.25, -0.2) is 0 Å². The smallest absolute Gasteiger partial charge is 0.280 e. The van der Waals surface area contributed by atoms with Gasteiger partial charge >= 0.3 is 0 Å². The lowest BCUT2D eigenvalue weighted by Gasteiger charge is -2.33. The van der Waals surface area contributed by atoms with Crippen LogP contribution in [0.1, 0.15) is 24.8 Å². The summed E-state index contributed by atoms with van der Waals surface area (Å²) in [4.78, 5) is 0. The van der Waals surface area contributed by atoms with Gasteiger partial charge in [0.1, 0.15) is 0 Å². The molecule has 2 rings (SSSR count). The van der Waals surface area contributed by atoms with Crippen molar-refractivity contribution in [3.8, 4) is 0 Å². The minimum Gasteiger partial charge on any atom is -0.395 e. The van der Waals surface area contributed by atoms with E-state index in [1.165, 1.54) is 4.31 Å². The van der Waals surface area contributed by atoms with Crippen molar-refractivity contribution in [2.75, 3.05) is 13.2 Å². The molecule has 1 heterocycles. The first-order valence-electron chi connectivity index (χ1n) is 6.64. The van der Waals surface area contributed by atoms with Crippen LogP contribution in [0, 0.1) is 0 Å². The Morgan fingerprint density at radius 3 is 2.90 bits per heavy atom. The van der Waals surface area contributed by atoms with Crippen molar-refractivity contribution >= 4 is 21.8 Å². The molecule has 1 unspecified atom stereocenters. The van der Waals surface area contributed by atoms with Crippen molar-refractivity contribution in [1.29, 1.82) is 0 Å². The van der Waals surface area contributed by atoms with Gasteiger partial charge in [0.25, 0.3) is 10.2 Å². The Morgan fingerprint density at radius 1 is 1.40 bits per heavy atom. The summed E-state index contributed by atoms with van der Waals surface area (Å²) >= 11 is 5.87. The van der Waals surface area contributed by atoms with E-state index >= 15 is 0 Å². The number of benzene rings is 1. The second kappa shape index (κ2) is 6.87. The van der Waals surface area contributed by atoms with E-state index in [0.717, 1.165) is 18.4 Å². The number of hydrogen-bond acceptors (Lipinski definition) is 3. The maximum atomic E-state index is 12.3. The molecule has 1 aliphatic rings. The third kappa shape index (κ3) is 3.93. The van der Waals surface area contributed by atoms with E-state index in [1.54, 1.807) is 18.2 Å². The van der Waals surface area contributed by atoms with Gasteiger partial charge in [0.15, 0.2) is 0 Å². The van der Waals surface area contributed by atoms with Crippen molar-refractivity contribution in [1.82, 2.24) is 9.03 Å². The van der Waals surface area contributed by atoms with Crippen LogP contribution in [0.4, 0.5) is 0 Å². The maximum absolute atomic E-state index is 12.3. The molecule has 1 saturated heterocycles. The zero-order valence-corrected chi connectivity index (χ0v) is 12.7. The lowest BCUT2D eigenvalue weighted by atomic mass is 10.1. The molecular weight excluding hydrogens is 300 g/mol. The number of nitrogens with one attached hydrogen (secondary N) is 1. The zero-order valence-electron chi connectivity index (χ0n) is 11.1. The molecule has 20 heavy (non-hydrogen) atoms. The minimum absolute atomic E-state index is 0.141. The molecule has 7 heteroatoms. The third-order valence-corrected chi connectivity index (χ3v) is 5.28. The lowest BCUT2D eigenvalue weighted by Crippen LogP contribution is -2.50.